The average molecular weight is 400 g/mol. The number of hydrogen-bond donors (Lipinski definition) is 0. The fourth-order valence-electron chi connectivity index (χ4n) is 4.59. The van der Waals surface area contributed by atoms with Crippen LogP contribution in [0.25, 0.3) is 0 Å². The largest absolute Gasteiger partial charge is 0.493 e. The van der Waals surface area contributed by atoms with E-state index < -0.39 is 0 Å². The second kappa shape index (κ2) is 7.31. The van der Waals surface area contributed by atoms with Crippen molar-refractivity contribution in [3.05, 3.63) is 41.5 Å². The van der Waals surface area contributed by atoms with E-state index in [1.54, 1.807) is 21.3 Å². The highest BCUT2D eigenvalue weighted by atomic mass is 16.7. The first-order chi connectivity index (χ1) is 14.2. The van der Waals surface area contributed by atoms with Crippen LogP contribution in [0.15, 0.2) is 30.3 Å². The molecule has 0 amide bonds. The molecule has 2 fully saturated rings. The fourth-order valence-corrected chi connectivity index (χ4v) is 4.59. The van der Waals surface area contributed by atoms with Crippen LogP contribution in [-0.4, -0.2) is 41.3 Å². The number of hydrogen-bond acceptors (Lipinski definition) is 7. The van der Waals surface area contributed by atoms with Gasteiger partial charge in [0.15, 0.2) is 23.0 Å². The standard InChI is InChI=1S/C22H24O7/c1-23-18-7-13(8-19(24-2)22(18)25-3)21-15-10-26-20(14(15)9-27-21)12-4-5-16-17(6-12)29-11-28-16/h4-8,14-15,20-21H,9-11H2,1-3H3/t14-,15-,20?,21?/m0/s1. The molecular formula is C22H24O7. The summed E-state index contributed by atoms with van der Waals surface area (Å²) >= 11 is 0. The molecule has 2 aromatic carbocycles. The van der Waals surface area contributed by atoms with Crippen LogP contribution >= 0.6 is 0 Å². The van der Waals surface area contributed by atoms with E-state index in [1.165, 1.54) is 0 Å². The van der Waals surface area contributed by atoms with Crippen molar-refractivity contribution in [2.45, 2.75) is 12.2 Å². The van der Waals surface area contributed by atoms with Crippen LogP contribution in [0.3, 0.4) is 0 Å². The van der Waals surface area contributed by atoms with Gasteiger partial charge in [0.25, 0.3) is 0 Å². The number of methoxy groups -OCH3 is 3. The van der Waals surface area contributed by atoms with Crippen molar-refractivity contribution in [1.29, 1.82) is 0 Å². The molecule has 0 aromatic heterocycles. The summed E-state index contributed by atoms with van der Waals surface area (Å²) in [5.41, 5.74) is 2.10. The molecule has 0 N–H and O–H groups in total. The quantitative estimate of drug-likeness (QED) is 0.761. The first kappa shape index (κ1) is 18.4. The van der Waals surface area contributed by atoms with Crippen molar-refractivity contribution in [3.8, 4) is 28.7 Å². The SMILES string of the molecule is COc1cc(C2OC[C@@H]3C(c4ccc5c(c4)OCO5)OC[C@H]23)cc(OC)c1OC. The van der Waals surface area contributed by atoms with E-state index in [9.17, 15) is 0 Å². The molecule has 0 bridgehead atoms. The molecule has 2 saturated heterocycles. The Labute approximate surface area is 169 Å². The van der Waals surface area contributed by atoms with Crippen LogP contribution in [-0.2, 0) is 9.47 Å². The molecule has 4 atom stereocenters. The summed E-state index contributed by atoms with van der Waals surface area (Å²) in [6.45, 7) is 1.53. The monoisotopic (exact) mass is 400 g/mol. The highest BCUT2D eigenvalue weighted by molar-refractivity contribution is 5.54. The molecule has 2 aromatic rings. The summed E-state index contributed by atoms with van der Waals surface area (Å²) in [6, 6.07) is 9.93. The summed E-state index contributed by atoms with van der Waals surface area (Å²) in [7, 11) is 4.84. The summed E-state index contributed by atoms with van der Waals surface area (Å²) < 4.78 is 39.8. The summed E-state index contributed by atoms with van der Waals surface area (Å²) in [4.78, 5) is 0. The zero-order chi connectivity index (χ0) is 20.0. The van der Waals surface area contributed by atoms with Gasteiger partial charge < -0.3 is 33.2 Å². The van der Waals surface area contributed by atoms with E-state index in [1.807, 2.05) is 30.3 Å². The van der Waals surface area contributed by atoms with Crippen molar-refractivity contribution >= 4 is 0 Å². The maximum absolute atomic E-state index is 6.24. The molecule has 7 heteroatoms. The molecule has 0 saturated carbocycles. The van der Waals surface area contributed by atoms with Crippen molar-refractivity contribution in [3.63, 3.8) is 0 Å². The lowest BCUT2D eigenvalue weighted by Gasteiger charge is -2.20. The zero-order valence-corrected chi connectivity index (χ0v) is 16.7. The van der Waals surface area contributed by atoms with Crippen molar-refractivity contribution in [2.24, 2.45) is 11.8 Å². The lowest BCUT2D eigenvalue weighted by molar-refractivity contribution is 0.0191. The third-order valence-corrected chi connectivity index (χ3v) is 6.00. The Hall–Kier alpha value is -2.64. The molecule has 29 heavy (non-hydrogen) atoms. The molecule has 3 heterocycles. The van der Waals surface area contributed by atoms with Crippen LogP contribution in [0, 0.1) is 11.8 Å². The van der Waals surface area contributed by atoms with Crippen LogP contribution in [0.5, 0.6) is 28.7 Å². The van der Waals surface area contributed by atoms with Gasteiger partial charge in [-0.2, -0.15) is 0 Å². The summed E-state index contributed by atoms with van der Waals surface area (Å²) in [6.07, 6.45) is -0.116. The van der Waals surface area contributed by atoms with Crippen LogP contribution in [0.2, 0.25) is 0 Å². The second-order valence-corrected chi connectivity index (χ2v) is 7.41. The molecule has 3 aliphatic rings. The van der Waals surface area contributed by atoms with Gasteiger partial charge in [0, 0.05) is 11.8 Å². The topological polar surface area (TPSA) is 64.6 Å². The van der Waals surface area contributed by atoms with Gasteiger partial charge in [0.2, 0.25) is 12.5 Å². The van der Waals surface area contributed by atoms with Gasteiger partial charge in [0.05, 0.1) is 46.8 Å². The van der Waals surface area contributed by atoms with Gasteiger partial charge in [-0.15, -0.1) is 0 Å². The molecule has 5 rings (SSSR count). The number of rotatable bonds is 5. The first-order valence-corrected chi connectivity index (χ1v) is 9.66. The Morgan fingerprint density at radius 3 is 1.97 bits per heavy atom. The molecule has 154 valence electrons. The van der Waals surface area contributed by atoms with Gasteiger partial charge in [-0.05, 0) is 35.4 Å². The maximum atomic E-state index is 6.24. The Kier molecular flexibility index (Phi) is 4.64. The Balaban J connectivity index is 1.42. The fraction of sp³-hybridized carbons (Fsp3) is 0.455. The van der Waals surface area contributed by atoms with Crippen LogP contribution in [0.4, 0.5) is 0 Å². The number of benzene rings is 2. The zero-order valence-electron chi connectivity index (χ0n) is 16.7. The predicted octanol–water partition coefficient (Wildman–Crippen LogP) is 3.52. The predicted molar refractivity (Wildman–Crippen MR) is 103 cm³/mol. The lowest BCUT2D eigenvalue weighted by atomic mass is 9.85. The smallest absolute Gasteiger partial charge is 0.231 e. The lowest BCUT2D eigenvalue weighted by Crippen LogP contribution is -2.14. The normalized spacial score (nSPS) is 27.0. The van der Waals surface area contributed by atoms with Gasteiger partial charge >= 0.3 is 0 Å². The number of ether oxygens (including phenoxy) is 7. The van der Waals surface area contributed by atoms with Gasteiger partial charge in [-0.25, -0.2) is 0 Å². The Bertz CT molecular complexity index is 887. The van der Waals surface area contributed by atoms with Crippen molar-refractivity contribution < 1.29 is 33.2 Å². The van der Waals surface area contributed by atoms with E-state index in [0.29, 0.717) is 30.5 Å². The highest BCUT2D eigenvalue weighted by Crippen LogP contribution is 2.52. The van der Waals surface area contributed by atoms with E-state index in [-0.39, 0.29) is 30.8 Å². The molecule has 2 unspecified atom stereocenters. The first-order valence-electron chi connectivity index (χ1n) is 9.66. The Morgan fingerprint density at radius 2 is 1.34 bits per heavy atom. The van der Waals surface area contributed by atoms with Gasteiger partial charge in [-0.1, -0.05) is 6.07 Å². The maximum Gasteiger partial charge on any atom is 0.231 e. The summed E-state index contributed by atoms with van der Waals surface area (Å²) in [5, 5.41) is 0. The van der Waals surface area contributed by atoms with Crippen LogP contribution < -0.4 is 23.7 Å². The molecule has 3 aliphatic heterocycles. The Morgan fingerprint density at radius 1 is 0.724 bits per heavy atom. The minimum absolute atomic E-state index is 0.0264. The van der Waals surface area contributed by atoms with E-state index >= 15 is 0 Å². The minimum atomic E-state index is -0.0901. The highest BCUT2D eigenvalue weighted by Gasteiger charge is 2.48. The summed E-state index contributed by atoms with van der Waals surface area (Å²) in [5.74, 6) is 3.89. The molecule has 0 radical (unpaired) electrons. The van der Waals surface area contributed by atoms with Gasteiger partial charge in [-0.3, -0.25) is 0 Å². The van der Waals surface area contributed by atoms with Crippen LogP contribution in [0.1, 0.15) is 23.3 Å². The molecule has 0 aliphatic carbocycles. The van der Waals surface area contributed by atoms with E-state index in [2.05, 4.69) is 0 Å². The van der Waals surface area contributed by atoms with E-state index in [4.69, 9.17) is 33.2 Å². The van der Waals surface area contributed by atoms with Crippen molar-refractivity contribution in [2.75, 3.05) is 41.3 Å². The average Bonchev–Trinajstić information content (AvgIpc) is 3.47. The van der Waals surface area contributed by atoms with Gasteiger partial charge in [0.1, 0.15) is 0 Å². The third kappa shape index (κ3) is 2.96. The number of fused-ring (bicyclic) bond motifs is 2. The molecular weight excluding hydrogens is 376 g/mol. The second-order valence-electron chi connectivity index (χ2n) is 7.41. The molecule has 0 spiro atoms. The minimum Gasteiger partial charge on any atom is -0.493 e. The molecule has 7 nitrogen and oxygen atoms in total. The van der Waals surface area contributed by atoms with E-state index in [0.717, 1.165) is 22.6 Å². The van der Waals surface area contributed by atoms with Crippen molar-refractivity contribution in [1.82, 2.24) is 0 Å². The third-order valence-electron chi connectivity index (χ3n) is 6.00.